The predicted molar refractivity (Wildman–Crippen MR) is 89.9 cm³/mol. The van der Waals surface area contributed by atoms with E-state index in [0.717, 1.165) is 46.4 Å². The van der Waals surface area contributed by atoms with Gasteiger partial charge in [0.2, 0.25) is 0 Å². The second kappa shape index (κ2) is 5.51. The zero-order chi connectivity index (χ0) is 16.8. The number of aromatic nitrogens is 1. The molecular weight excluding hydrogens is 304 g/mol. The summed E-state index contributed by atoms with van der Waals surface area (Å²) in [5, 5.41) is 4.95. The Bertz CT molecular complexity index is 922. The number of nitrogens with zero attached hydrogens (tertiary/aromatic N) is 2. The summed E-state index contributed by atoms with van der Waals surface area (Å²) in [4.78, 5) is 14.9. The van der Waals surface area contributed by atoms with Crippen molar-refractivity contribution in [2.75, 3.05) is 6.54 Å². The number of carbonyl (C=O) groups is 1. The van der Waals surface area contributed by atoms with Crippen molar-refractivity contribution in [3.63, 3.8) is 0 Å². The average molecular weight is 324 g/mol. The largest absolute Gasteiger partial charge is 0.451 e. The third-order valence-corrected chi connectivity index (χ3v) is 4.78. The van der Waals surface area contributed by atoms with Gasteiger partial charge in [-0.25, -0.2) is 0 Å². The van der Waals surface area contributed by atoms with Crippen LogP contribution in [0.15, 0.2) is 33.2 Å². The Morgan fingerprint density at radius 3 is 2.83 bits per heavy atom. The minimum atomic E-state index is -0.0714. The zero-order valence-electron chi connectivity index (χ0n) is 14.1. The van der Waals surface area contributed by atoms with Crippen molar-refractivity contribution in [1.29, 1.82) is 0 Å². The normalized spacial score (nSPS) is 17.8. The maximum Gasteiger partial charge on any atom is 0.290 e. The maximum atomic E-state index is 13.1. The molecule has 1 aliphatic rings. The fourth-order valence-electron chi connectivity index (χ4n) is 3.51. The van der Waals surface area contributed by atoms with Crippen LogP contribution in [0.5, 0.6) is 0 Å². The predicted octanol–water partition coefficient (Wildman–Crippen LogP) is 4.32. The lowest BCUT2D eigenvalue weighted by atomic mass is 10.1. The van der Waals surface area contributed by atoms with Crippen molar-refractivity contribution in [1.82, 2.24) is 10.1 Å². The molecule has 4 rings (SSSR count). The molecule has 0 aliphatic carbocycles. The van der Waals surface area contributed by atoms with E-state index in [0.29, 0.717) is 12.3 Å². The number of hydrogen-bond acceptors (Lipinski definition) is 4. The van der Waals surface area contributed by atoms with Gasteiger partial charge in [0.1, 0.15) is 5.58 Å². The van der Waals surface area contributed by atoms with Gasteiger partial charge in [-0.2, -0.15) is 0 Å². The Kier molecular flexibility index (Phi) is 3.44. The lowest BCUT2D eigenvalue weighted by molar-refractivity contribution is 0.0683. The second-order valence-corrected chi connectivity index (χ2v) is 6.58. The molecule has 5 nitrogen and oxygen atoms in total. The Morgan fingerprint density at radius 1 is 1.25 bits per heavy atom. The van der Waals surface area contributed by atoms with E-state index >= 15 is 0 Å². The Morgan fingerprint density at radius 2 is 2.08 bits per heavy atom. The number of fused-ring (bicyclic) bond motifs is 1. The Balaban J connectivity index is 1.71. The first-order valence-electron chi connectivity index (χ1n) is 8.28. The number of carbonyl (C=O) groups excluding carboxylic acids is 1. The van der Waals surface area contributed by atoms with Crippen molar-refractivity contribution < 1.29 is 13.7 Å². The van der Waals surface area contributed by atoms with Crippen molar-refractivity contribution in [3.05, 3.63) is 52.6 Å². The van der Waals surface area contributed by atoms with Crippen LogP contribution in [0.25, 0.3) is 11.0 Å². The van der Waals surface area contributed by atoms with Crippen molar-refractivity contribution in [2.24, 2.45) is 0 Å². The first-order valence-corrected chi connectivity index (χ1v) is 8.28. The van der Waals surface area contributed by atoms with Crippen molar-refractivity contribution >= 4 is 16.9 Å². The fraction of sp³-hybridized carbons (Fsp3) is 0.368. The van der Waals surface area contributed by atoms with Crippen LogP contribution in [0.1, 0.15) is 52.0 Å². The van der Waals surface area contributed by atoms with E-state index in [-0.39, 0.29) is 11.9 Å². The molecule has 24 heavy (non-hydrogen) atoms. The number of furan rings is 1. The van der Waals surface area contributed by atoms with Crippen LogP contribution in [0.4, 0.5) is 0 Å². The third kappa shape index (κ3) is 2.31. The number of benzene rings is 1. The molecule has 3 heterocycles. The molecule has 1 atom stereocenters. The Hall–Kier alpha value is -2.56. The number of aryl methyl sites for hydroxylation is 3. The smallest absolute Gasteiger partial charge is 0.290 e. The van der Waals surface area contributed by atoms with Gasteiger partial charge in [-0.1, -0.05) is 17.3 Å². The first-order chi connectivity index (χ1) is 11.5. The quantitative estimate of drug-likeness (QED) is 0.704. The summed E-state index contributed by atoms with van der Waals surface area (Å²) >= 11 is 0. The standard InChI is InChI=1S/C19H20N2O3/c1-11-6-7-14-13(3)18(23-16(14)9-11)19(22)21-8-4-5-15(21)17-10-12(2)20-24-17/h6-7,9-10,15H,4-5,8H2,1-3H3. The number of hydrogen-bond donors (Lipinski definition) is 0. The molecule has 0 saturated carbocycles. The average Bonchev–Trinajstić information content (AvgIpc) is 3.25. The molecule has 1 aliphatic heterocycles. The molecule has 0 radical (unpaired) electrons. The van der Waals surface area contributed by atoms with Gasteiger partial charge in [0.15, 0.2) is 11.5 Å². The zero-order valence-corrected chi connectivity index (χ0v) is 14.1. The van der Waals surface area contributed by atoms with E-state index < -0.39 is 0 Å². The topological polar surface area (TPSA) is 59.5 Å². The highest BCUT2D eigenvalue weighted by Crippen LogP contribution is 2.35. The monoisotopic (exact) mass is 324 g/mol. The van der Waals surface area contributed by atoms with Crippen LogP contribution < -0.4 is 0 Å². The summed E-state index contributed by atoms with van der Waals surface area (Å²) in [5.41, 5.74) is 3.61. The second-order valence-electron chi connectivity index (χ2n) is 6.58. The summed E-state index contributed by atoms with van der Waals surface area (Å²) in [7, 11) is 0. The lowest BCUT2D eigenvalue weighted by Crippen LogP contribution is -2.30. The highest BCUT2D eigenvalue weighted by molar-refractivity contribution is 5.99. The summed E-state index contributed by atoms with van der Waals surface area (Å²) in [6.45, 7) is 6.55. The highest BCUT2D eigenvalue weighted by Gasteiger charge is 2.35. The molecule has 0 spiro atoms. The fourth-order valence-corrected chi connectivity index (χ4v) is 3.51. The molecule has 1 saturated heterocycles. The van der Waals surface area contributed by atoms with Gasteiger partial charge in [0.05, 0.1) is 11.7 Å². The van der Waals surface area contributed by atoms with Gasteiger partial charge in [0, 0.05) is 23.6 Å². The molecule has 5 heteroatoms. The molecule has 0 bridgehead atoms. The van der Waals surface area contributed by atoms with Crippen LogP contribution >= 0.6 is 0 Å². The third-order valence-electron chi connectivity index (χ3n) is 4.78. The molecule has 2 aromatic heterocycles. The summed E-state index contributed by atoms with van der Waals surface area (Å²) in [6.07, 6.45) is 1.84. The van der Waals surface area contributed by atoms with E-state index in [1.807, 2.05) is 49.9 Å². The van der Waals surface area contributed by atoms with Crippen molar-refractivity contribution in [3.8, 4) is 0 Å². The van der Waals surface area contributed by atoms with Gasteiger partial charge in [-0.3, -0.25) is 4.79 Å². The van der Waals surface area contributed by atoms with Crippen LogP contribution in [-0.2, 0) is 0 Å². The van der Waals surface area contributed by atoms with E-state index in [2.05, 4.69) is 5.16 Å². The molecule has 124 valence electrons. The maximum absolute atomic E-state index is 13.1. The van der Waals surface area contributed by atoms with Crippen LogP contribution in [0.3, 0.4) is 0 Å². The van der Waals surface area contributed by atoms with E-state index in [1.54, 1.807) is 0 Å². The molecule has 1 fully saturated rings. The van der Waals surface area contributed by atoms with Gasteiger partial charge in [-0.15, -0.1) is 0 Å². The minimum Gasteiger partial charge on any atom is -0.451 e. The summed E-state index contributed by atoms with van der Waals surface area (Å²) in [6, 6.07) is 7.87. The molecule has 1 aromatic carbocycles. The minimum absolute atomic E-state index is 0.0620. The van der Waals surface area contributed by atoms with Crippen LogP contribution in [0.2, 0.25) is 0 Å². The van der Waals surface area contributed by atoms with Crippen LogP contribution in [-0.4, -0.2) is 22.5 Å². The summed E-state index contributed by atoms with van der Waals surface area (Å²) < 4.78 is 11.3. The van der Waals surface area contributed by atoms with Gasteiger partial charge in [-0.05, 0) is 45.2 Å². The Labute approximate surface area is 140 Å². The van der Waals surface area contributed by atoms with E-state index in [4.69, 9.17) is 8.94 Å². The highest BCUT2D eigenvalue weighted by atomic mass is 16.5. The van der Waals surface area contributed by atoms with Gasteiger partial charge in [0.25, 0.3) is 5.91 Å². The molecule has 1 unspecified atom stereocenters. The van der Waals surface area contributed by atoms with Gasteiger partial charge >= 0.3 is 0 Å². The molecule has 1 amide bonds. The first kappa shape index (κ1) is 15.0. The molecule has 3 aromatic rings. The van der Waals surface area contributed by atoms with Gasteiger partial charge < -0.3 is 13.8 Å². The van der Waals surface area contributed by atoms with Crippen LogP contribution in [0, 0.1) is 20.8 Å². The number of likely N-dealkylation sites (tertiary alicyclic amines) is 1. The van der Waals surface area contributed by atoms with E-state index in [1.165, 1.54) is 0 Å². The number of rotatable bonds is 2. The SMILES string of the molecule is Cc1ccc2c(C)c(C(=O)N3CCCC3c3cc(C)no3)oc2c1. The lowest BCUT2D eigenvalue weighted by Gasteiger charge is -2.21. The van der Waals surface area contributed by atoms with E-state index in [9.17, 15) is 4.79 Å². The molecular formula is C19H20N2O3. The van der Waals surface area contributed by atoms with Crippen molar-refractivity contribution in [2.45, 2.75) is 39.7 Å². The number of amides is 1. The molecule has 0 N–H and O–H groups in total. The summed E-state index contributed by atoms with van der Waals surface area (Å²) in [5.74, 6) is 1.11.